The second-order valence-corrected chi connectivity index (χ2v) is 5.88. The molecule has 0 spiro atoms. The number of aliphatic carboxylic acids is 1. The highest BCUT2D eigenvalue weighted by atomic mass is 16.5. The van der Waals surface area contributed by atoms with Crippen LogP contribution in [0.2, 0.25) is 0 Å². The summed E-state index contributed by atoms with van der Waals surface area (Å²) in [5, 5.41) is 9.33. The van der Waals surface area contributed by atoms with Gasteiger partial charge in [-0.15, -0.1) is 0 Å². The SMILES string of the molecule is CCCCC(CC)COC(=Cc1ccc(C)c(C)c1)C(=O)O. The molecular weight excluding hydrogens is 276 g/mol. The van der Waals surface area contributed by atoms with Crippen LogP contribution in [0.3, 0.4) is 0 Å². The summed E-state index contributed by atoms with van der Waals surface area (Å²) < 4.78 is 5.59. The van der Waals surface area contributed by atoms with E-state index < -0.39 is 5.97 Å². The zero-order valence-electron chi connectivity index (χ0n) is 14.2. The third-order valence-corrected chi connectivity index (χ3v) is 4.06. The van der Waals surface area contributed by atoms with Gasteiger partial charge in [-0.25, -0.2) is 4.79 Å². The van der Waals surface area contributed by atoms with E-state index in [1.807, 2.05) is 32.0 Å². The molecule has 1 aromatic rings. The van der Waals surface area contributed by atoms with Gasteiger partial charge in [-0.2, -0.15) is 0 Å². The maximum absolute atomic E-state index is 11.4. The third kappa shape index (κ3) is 5.92. The van der Waals surface area contributed by atoms with E-state index in [2.05, 4.69) is 13.8 Å². The third-order valence-electron chi connectivity index (χ3n) is 4.06. The number of hydrogen-bond donors (Lipinski definition) is 1. The quantitative estimate of drug-likeness (QED) is 0.518. The standard InChI is InChI=1S/C19H28O3/c1-5-7-8-16(6-2)13-22-18(19(20)21)12-17-10-9-14(3)15(4)11-17/h9-12,16H,5-8,13H2,1-4H3,(H,20,21). The molecule has 0 heterocycles. The summed E-state index contributed by atoms with van der Waals surface area (Å²) in [4.78, 5) is 11.4. The Morgan fingerprint density at radius 1 is 1.27 bits per heavy atom. The first-order valence-corrected chi connectivity index (χ1v) is 8.12. The molecule has 1 rings (SSSR count). The van der Waals surface area contributed by atoms with Crippen LogP contribution in [0.4, 0.5) is 0 Å². The van der Waals surface area contributed by atoms with Gasteiger partial charge in [-0.3, -0.25) is 0 Å². The maximum Gasteiger partial charge on any atom is 0.371 e. The number of carboxylic acids is 1. The Bertz CT molecular complexity index is 517. The van der Waals surface area contributed by atoms with Crippen LogP contribution in [-0.2, 0) is 9.53 Å². The zero-order chi connectivity index (χ0) is 16.5. The molecule has 22 heavy (non-hydrogen) atoms. The van der Waals surface area contributed by atoms with Crippen LogP contribution in [0, 0.1) is 19.8 Å². The average molecular weight is 304 g/mol. The van der Waals surface area contributed by atoms with Gasteiger partial charge < -0.3 is 9.84 Å². The molecule has 3 nitrogen and oxygen atoms in total. The second kappa shape index (κ2) is 9.29. The molecule has 0 saturated carbocycles. The van der Waals surface area contributed by atoms with Crippen molar-refractivity contribution in [3.8, 4) is 0 Å². The molecule has 1 atom stereocenters. The lowest BCUT2D eigenvalue weighted by Crippen LogP contribution is -2.13. The fourth-order valence-electron chi connectivity index (χ4n) is 2.28. The van der Waals surface area contributed by atoms with Crippen molar-refractivity contribution in [2.75, 3.05) is 6.61 Å². The van der Waals surface area contributed by atoms with Crippen molar-refractivity contribution in [3.63, 3.8) is 0 Å². The Labute approximate surface area is 134 Å². The van der Waals surface area contributed by atoms with Gasteiger partial charge in [0.15, 0.2) is 0 Å². The lowest BCUT2D eigenvalue weighted by Gasteiger charge is -2.16. The highest BCUT2D eigenvalue weighted by Crippen LogP contribution is 2.17. The highest BCUT2D eigenvalue weighted by Gasteiger charge is 2.13. The van der Waals surface area contributed by atoms with E-state index >= 15 is 0 Å². The molecule has 122 valence electrons. The number of ether oxygens (including phenoxy) is 1. The van der Waals surface area contributed by atoms with Gasteiger partial charge in [0.1, 0.15) is 0 Å². The van der Waals surface area contributed by atoms with Gasteiger partial charge in [0.05, 0.1) is 6.61 Å². The molecule has 3 heteroatoms. The fourth-order valence-corrected chi connectivity index (χ4v) is 2.28. The van der Waals surface area contributed by atoms with E-state index in [1.54, 1.807) is 6.08 Å². The minimum Gasteiger partial charge on any atom is -0.486 e. The van der Waals surface area contributed by atoms with Crippen molar-refractivity contribution in [1.82, 2.24) is 0 Å². The number of hydrogen-bond acceptors (Lipinski definition) is 2. The highest BCUT2D eigenvalue weighted by molar-refractivity contribution is 5.89. The number of benzene rings is 1. The first-order valence-electron chi connectivity index (χ1n) is 8.12. The van der Waals surface area contributed by atoms with Crippen LogP contribution in [0.25, 0.3) is 6.08 Å². The van der Waals surface area contributed by atoms with Gasteiger partial charge in [0, 0.05) is 0 Å². The van der Waals surface area contributed by atoms with Gasteiger partial charge in [0.2, 0.25) is 5.76 Å². The molecule has 0 aliphatic heterocycles. The summed E-state index contributed by atoms with van der Waals surface area (Å²) >= 11 is 0. The minimum absolute atomic E-state index is 0.0261. The molecule has 0 fully saturated rings. The summed E-state index contributed by atoms with van der Waals surface area (Å²) in [6.07, 6.45) is 6.02. The Morgan fingerprint density at radius 3 is 2.55 bits per heavy atom. The second-order valence-electron chi connectivity index (χ2n) is 5.88. The fraction of sp³-hybridized carbons (Fsp3) is 0.526. The molecule has 1 N–H and O–H groups in total. The topological polar surface area (TPSA) is 46.5 Å². The van der Waals surface area contributed by atoms with Gasteiger partial charge in [-0.05, 0) is 49.0 Å². The van der Waals surface area contributed by atoms with Gasteiger partial charge in [-0.1, -0.05) is 51.3 Å². The molecule has 0 saturated heterocycles. The van der Waals surface area contributed by atoms with Crippen LogP contribution in [0.1, 0.15) is 56.2 Å². The number of carboxylic acid groups (broad SMARTS) is 1. The first kappa shape index (κ1) is 18.3. The molecular formula is C19H28O3. The number of rotatable bonds is 9. The summed E-state index contributed by atoms with van der Waals surface area (Å²) in [6.45, 7) is 8.81. The number of unbranched alkanes of at least 4 members (excludes halogenated alkanes) is 1. The number of carbonyl (C=O) groups is 1. The molecule has 0 bridgehead atoms. The molecule has 1 unspecified atom stereocenters. The Morgan fingerprint density at radius 2 is 2.00 bits per heavy atom. The summed E-state index contributed by atoms with van der Waals surface area (Å²) in [5.74, 6) is -0.566. The van der Waals surface area contributed by atoms with E-state index in [1.165, 1.54) is 5.56 Å². The van der Waals surface area contributed by atoms with Crippen LogP contribution in [-0.4, -0.2) is 17.7 Å². The lowest BCUT2D eigenvalue weighted by atomic mass is 10.0. The zero-order valence-corrected chi connectivity index (χ0v) is 14.2. The molecule has 0 aliphatic rings. The van der Waals surface area contributed by atoms with Crippen LogP contribution in [0.5, 0.6) is 0 Å². The van der Waals surface area contributed by atoms with Crippen molar-refractivity contribution in [2.45, 2.75) is 53.4 Å². The smallest absolute Gasteiger partial charge is 0.371 e. The van der Waals surface area contributed by atoms with Crippen LogP contribution < -0.4 is 0 Å². The predicted molar refractivity (Wildman–Crippen MR) is 90.8 cm³/mol. The van der Waals surface area contributed by atoms with Crippen molar-refractivity contribution in [2.24, 2.45) is 5.92 Å². The van der Waals surface area contributed by atoms with E-state index in [0.29, 0.717) is 12.5 Å². The average Bonchev–Trinajstić information content (AvgIpc) is 2.49. The van der Waals surface area contributed by atoms with Crippen molar-refractivity contribution < 1.29 is 14.6 Å². The van der Waals surface area contributed by atoms with Crippen molar-refractivity contribution >= 4 is 12.0 Å². The van der Waals surface area contributed by atoms with E-state index in [0.717, 1.165) is 36.8 Å². The first-order chi connectivity index (χ1) is 10.5. The number of aryl methyl sites for hydroxylation is 2. The van der Waals surface area contributed by atoms with E-state index in [9.17, 15) is 9.90 Å². The normalized spacial score (nSPS) is 13.0. The Hall–Kier alpha value is -1.77. The van der Waals surface area contributed by atoms with Gasteiger partial charge >= 0.3 is 5.97 Å². The predicted octanol–water partition coefficient (Wildman–Crippen LogP) is 4.96. The van der Waals surface area contributed by atoms with Gasteiger partial charge in [0.25, 0.3) is 0 Å². The summed E-state index contributed by atoms with van der Waals surface area (Å²) in [6, 6.07) is 5.90. The molecule has 0 aromatic heterocycles. The maximum atomic E-state index is 11.4. The molecule has 0 radical (unpaired) electrons. The van der Waals surface area contributed by atoms with Crippen molar-refractivity contribution in [1.29, 1.82) is 0 Å². The molecule has 0 aliphatic carbocycles. The Kier molecular flexibility index (Phi) is 7.72. The van der Waals surface area contributed by atoms with Crippen LogP contribution in [0.15, 0.2) is 24.0 Å². The largest absolute Gasteiger partial charge is 0.486 e. The minimum atomic E-state index is -1.01. The van der Waals surface area contributed by atoms with E-state index in [-0.39, 0.29) is 5.76 Å². The monoisotopic (exact) mass is 304 g/mol. The molecule has 1 aromatic carbocycles. The van der Waals surface area contributed by atoms with E-state index in [4.69, 9.17) is 4.74 Å². The lowest BCUT2D eigenvalue weighted by molar-refractivity contribution is -0.136. The van der Waals surface area contributed by atoms with Crippen molar-refractivity contribution in [3.05, 3.63) is 40.6 Å². The molecule has 0 amide bonds. The van der Waals surface area contributed by atoms with Crippen LogP contribution >= 0.6 is 0 Å². The summed E-state index contributed by atoms with van der Waals surface area (Å²) in [5.41, 5.74) is 3.20. The Balaban J connectivity index is 2.78. The summed E-state index contributed by atoms with van der Waals surface area (Å²) in [7, 11) is 0.